The van der Waals surface area contributed by atoms with Gasteiger partial charge in [-0.1, -0.05) is 38.0 Å². The third-order valence-corrected chi connectivity index (χ3v) is 6.09. The summed E-state index contributed by atoms with van der Waals surface area (Å²) >= 11 is 0. The molecular weight excluding hydrogens is 324 g/mol. The molecule has 7 atom stereocenters. The standard InChI is InChI=1S/C23H34O3/c1-7-9-18-14-23(26-6)20(15-22(18)25-5)11-10-19-13-17(8-2)16(3)12-21(19)24-4/h14,16-22H,8,12-13,15H2,1-6H3. The largest absolute Gasteiger partial charge is 0.500 e. The summed E-state index contributed by atoms with van der Waals surface area (Å²) in [5, 5.41) is 0. The molecule has 0 aromatic carbocycles. The zero-order valence-electron chi connectivity index (χ0n) is 17.2. The zero-order valence-corrected chi connectivity index (χ0v) is 17.2. The first kappa shape index (κ1) is 20.9. The van der Waals surface area contributed by atoms with Gasteiger partial charge in [-0.05, 0) is 44.1 Å². The van der Waals surface area contributed by atoms with Crippen molar-refractivity contribution < 1.29 is 14.2 Å². The van der Waals surface area contributed by atoms with Gasteiger partial charge in [-0.2, -0.15) is 0 Å². The van der Waals surface area contributed by atoms with Gasteiger partial charge in [0.05, 0.1) is 31.2 Å². The number of ether oxygens (including phenoxy) is 3. The number of rotatable bonds is 4. The van der Waals surface area contributed by atoms with Crippen LogP contribution in [0, 0.1) is 53.3 Å². The van der Waals surface area contributed by atoms with Gasteiger partial charge in [0.2, 0.25) is 0 Å². The van der Waals surface area contributed by atoms with Gasteiger partial charge in [-0.25, -0.2) is 0 Å². The molecule has 26 heavy (non-hydrogen) atoms. The summed E-state index contributed by atoms with van der Waals surface area (Å²) in [7, 11) is 5.28. The molecule has 1 fully saturated rings. The molecule has 0 N–H and O–H groups in total. The average Bonchev–Trinajstić information content (AvgIpc) is 2.66. The van der Waals surface area contributed by atoms with Gasteiger partial charge in [-0.15, -0.1) is 5.92 Å². The molecule has 0 bridgehead atoms. The lowest BCUT2D eigenvalue weighted by Crippen LogP contribution is -2.35. The van der Waals surface area contributed by atoms with Crippen LogP contribution in [0.1, 0.15) is 46.5 Å². The molecule has 3 heteroatoms. The van der Waals surface area contributed by atoms with Gasteiger partial charge in [-0.3, -0.25) is 0 Å². The monoisotopic (exact) mass is 358 g/mol. The molecule has 0 aliphatic heterocycles. The number of hydrogen-bond acceptors (Lipinski definition) is 3. The highest BCUT2D eigenvalue weighted by Crippen LogP contribution is 2.37. The van der Waals surface area contributed by atoms with Crippen molar-refractivity contribution in [1.82, 2.24) is 0 Å². The van der Waals surface area contributed by atoms with Crippen molar-refractivity contribution in [2.75, 3.05) is 21.3 Å². The van der Waals surface area contributed by atoms with E-state index >= 15 is 0 Å². The van der Waals surface area contributed by atoms with Crippen LogP contribution in [0.2, 0.25) is 0 Å². The predicted molar refractivity (Wildman–Crippen MR) is 105 cm³/mol. The minimum atomic E-state index is 0.0636. The summed E-state index contributed by atoms with van der Waals surface area (Å²) in [6, 6.07) is 0. The van der Waals surface area contributed by atoms with Gasteiger partial charge in [0, 0.05) is 20.1 Å². The smallest absolute Gasteiger partial charge is 0.108 e. The van der Waals surface area contributed by atoms with Crippen LogP contribution in [-0.2, 0) is 14.2 Å². The first-order valence-corrected chi connectivity index (χ1v) is 9.82. The maximum atomic E-state index is 5.76. The summed E-state index contributed by atoms with van der Waals surface area (Å²) < 4.78 is 17.1. The molecule has 0 radical (unpaired) electrons. The maximum absolute atomic E-state index is 5.76. The van der Waals surface area contributed by atoms with E-state index in [0.29, 0.717) is 11.8 Å². The number of hydrogen-bond donors (Lipinski definition) is 0. The minimum absolute atomic E-state index is 0.0636. The van der Waals surface area contributed by atoms with Gasteiger partial charge in [0.15, 0.2) is 0 Å². The Labute approximate surface area is 159 Å². The van der Waals surface area contributed by atoms with Crippen molar-refractivity contribution in [3.05, 3.63) is 11.8 Å². The lowest BCUT2D eigenvalue weighted by atomic mass is 9.72. The van der Waals surface area contributed by atoms with Crippen molar-refractivity contribution in [2.45, 2.75) is 58.7 Å². The first-order chi connectivity index (χ1) is 12.6. The molecule has 0 spiro atoms. The summed E-state index contributed by atoms with van der Waals surface area (Å²) in [5.74, 6) is 16.0. The van der Waals surface area contributed by atoms with E-state index in [2.05, 4.69) is 43.6 Å². The van der Waals surface area contributed by atoms with Crippen LogP contribution in [0.5, 0.6) is 0 Å². The van der Waals surface area contributed by atoms with Crippen LogP contribution in [0.4, 0.5) is 0 Å². The maximum Gasteiger partial charge on any atom is 0.108 e. The lowest BCUT2D eigenvalue weighted by molar-refractivity contribution is 0.00580. The third kappa shape index (κ3) is 4.85. The SMILES string of the molecule is CC#CC1C=C(OC)C(C#CC2CC(CC)C(C)CC2OC)CC1OC. The van der Waals surface area contributed by atoms with E-state index in [0.717, 1.165) is 30.9 Å². The van der Waals surface area contributed by atoms with Crippen LogP contribution in [-0.4, -0.2) is 33.5 Å². The van der Waals surface area contributed by atoms with Crippen molar-refractivity contribution in [3.8, 4) is 23.7 Å². The van der Waals surface area contributed by atoms with Gasteiger partial charge < -0.3 is 14.2 Å². The first-order valence-electron chi connectivity index (χ1n) is 9.82. The molecule has 0 aromatic heterocycles. The van der Waals surface area contributed by atoms with E-state index in [9.17, 15) is 0 Å². The Morgan fingerprint density at radius 2 is 1.73 bits per heavy atom. The van der Waals surface area contributed by atoms with Crippen molar-refractivity contribution >= 4 is 0 Å². The fourth-order valence-corrected chi connectivity index (χ4v) is 4.40. The van der Waals surface area contributed by atoms with Gasteiger partial charge >= 0.3 is 0 Å². The topological polar surface area (TPSA) is 27.7 Å². The predicted octanol–water partition coefficient (Wildman–Crippen LogP) is 4.28. The van der Waals surface area contributed by atoms with Gasteiger partial charge in [0.25, 0.3) is 0 Å². The molecular formula is C23H34O3. The molecule has 0 saturated heterocycles. The summed E-state index contributed by atoms with van der Waals surface area (Å²) in [6.45, 7) is 6.48. The summed E-state index contributed by atoms with van der Waals surface area (Å²) in [4.78, 5) is 0. The second-order valence-corrected chi connectivity index (χ2v) is 7.54. The molecule has 0 amide bonds. The van der Waals surface area contributed by atoms with E-state index in [4.69, 9.17) is 14.2 Å². The molecule has 1 saturated carbocycles. The highest BCUT2D eigenvalue weighted by molar-refractivity contribution is 5.26. The Morgan fingerprint density at radius 1 is 1.00 bits per heavy atom. The fourth-order valence-electron chi connectivity index (χ4n) is 4.40. The quantitative estimate of drug-likeness (QED) is 0.702. The Balaban J connectivity index is 2.20. The minimum Gasteiger partial charge on any atom is -0.500 e. The lowest BCUT2D eigenvalue weighted by Gasteiger charge is -2.37. The Kier molecular flexibility index (Phi) is 8.08. The van der Waals surface area contributed by atoms with Crippen molar-refractivity contribution in [3.63, 3.8) is 0 Å². The van der Waals surface area contributed by atoms with Crippen LogP contribution < -0.4 is 0 Å². The van der Waals surface area contributed by atoms with Crippen LogP contribution in [0.15, 0.2) is 11.8 Å². The van der Waals surface area contributed by atoms with Gasteiger partial charge in [0.1, 0.15) is 5.76 Å². The molecule has 2 aliphatic rings. The molecule has 0 heterocycles. The highest BCUT2D eigenvalue weighted by atomic mass is 16.5. The average molecular weight is 359 g/mol. The molecule has 2 rings (SSSR count). The van der Waals surface area contributed by atoms with Crippen molar-refractivity contribution in [1.29, 1.82) is 0 Å². The Bertz CT molecular complexity index is 600. The van der Waals surface area contributed by atoms with Crippen LogP contribution in [0.25, 0.3) is 0 Å². The van der Waals surface area contributed by atoms with E-state index in [-0.39, 0.29) is 24.0 Å². The number of methoxy groups -OCH3 is 3. The second-order valence-electron chi connectivity index (χ2n) is 7.54. The Morgan fingerprint density at radius 3 is 2.31 bits per heavy atom. The third-order valence-electron chi connectivity index (χ3n) is 6.09. The zero-order chi connectivity index (χ0) is 19.1. The second kappa shape index (κ2) is 10.1. The Hall–Kier alpha value is -1.42. The molecule has 7 unspecified atom stereocenters. The summed E-state index contributed by atoms with van der Waals surface area (Å²) in [6.07, 6.45) is 6.63. The molecule has 144 valence electrons. The molecule has 2 aliphatic carbocycles. The normalized spacial score (nSPS) is 36.8. The van der Waals surface area contributed by atoms with Crippen LogP contribution in [0.3, 0.4) is 0 Å². The van der Waals surface area contributed by atoms with Crippen molar-refractivity contribution in [2.24, 2.45) is 29.6 Å². The number of allylic oxidation sites excluding steroid dienone is 1. The fraction of sp³-hybridized carbons (Fsp3) is 0.739. The van der Waals surface area contributed by atoms with E-state index in [1.54, 1.807) is 14.2 Å². The van der Waals surface area contributed by atoms with E-state index < -0.39 is 0 Å². The van der Waals surface area contributed by atoms with E-state index in [1.807, 2.05) is 14.0 Å². The molecule has 0 aromatic rings. The summed E-state index contributed by atoms with van der Waals surface area (Å²) in [5.41, 5.74) is 0. The van der Waals surface area contributed by atoms with E-state index in [1.165, 1.54) is 6.42 Å². The molecule has 3 nitrogen and oxygen atoms in total. The van der Waals surface area contributed by atoms with Crippen LogP contribution >= 0.6 is 0 Å². The highest BCUT2D eigenvalue weighted by Gasteiger charge is 2.34.